The molecule has 1 aromatic heterocycles. The second-order valence-electron chi connectivity index (χ2n) is 4.93. The first kappa shape index (κ1) is 12.0. The fourth-order valence-corrected chi connectivity index (χ4v) is 3.24. The van der Waals surface area contributed by atoms with Crippen LogP contribution in [-0.2, 0) is 0 Å². The number of aromatic nitrogens is 2. The molecule has 1 saturated carbocycles. The molecule has 0 amide bonds. The van der Waals surface area contributed by atoms with Crippen molar-refractivity contribution in [3.8, 4) is 0 Å². The molecule has 1 fully saturated rings. The second-order valence-corrected chi connectivity index (χ2v) is 5.89. The Labute approximate surface area is 110 Å². The van der Waals surface area contributed by atoms with E-state index >= 15 is 0 Å². The number of nitrogens with one attached hydrogen (secondary N) is 1. The maximum absolute atomic E-state index is 10.4. The molecular weight excluding hydrogens is 246 g/mol. The van der Waals surface area contributed by atoms with Crippen molar-refractivity contribution in [3.63, 3.8) is 0 Å². The third-order valence-electron chi connectivity index (χ3n) is 3.52. The third-order valence-corrected chi connectivity index (χ3v) is 4.63. The predicted octanol–water partition coefficient (Wildman–Crippen LogP) is 1.75. The van der Waals surface area contributed by atoms with E-state index < -0.39 is 5.60 Å². The Balaban J connectivity index is 1.72. The van der Waals surface area contributed by atoms with Crippen molar-refractivity contribution < 1.29 is 5.11 Å². The summed E-state index contributed by atoms with van der Waals surface area (Å²) >= 11 is 1.55. The SMILES string of the molecule is NCC(O)(CSc1nc2ccccc2[nH]1)C1CC1. The molecule has 4 N–H and O–H groups in total. The van der Waals surface area contributed by atoms with E-state index in [-0.39, 0.29) is 0 Å². The summed E-state index contributed by atoms with van der Waals surface area (Å²) in [5, 5.41) is 11.3. The molecule has 0 aliphatic heterocycles. The van der Waals surface area contributed by atoms with Crippen molar-refractivity contribution in [3.05, 3.63) is 24.3 Å². The number of aromatic amines is 1. The minimum Gasteiger partial charge on any atom is -0.387 e. The normalized spacial score (nSPS) is 19.0. The van der Waals surface area contributed by atoms with Crippen LogP contribution in [0.3, 0.4) is 0 Å². The summed E-state index contributed by atoms with van der Waals surface area (Å²) in [6, 6.07) is 7.93. The number of nitrogens with zero attached hydrogens (tertiary/aromatic N) is 1. The van der Waals surface area contributed by atoms with Gasteiger partial charge in [-0.1, -0.05) is 23.9 Å². The highest BCUT2D eigenvalue weighted by Crippen LogP contribution is 2.41. The Kier molecular flexibility index (Phi) is 3.05. The summed E-state index contributed by atoms with van der Waals surface area (Å²) in [5.74, 6) is 0.980. The molecule has 18 heavy (non-hydrogen) atoms. The molecule has 1 atom stereocenters. The van der Waals surface area contributed by atoms with Gasteiger partial charge in [-0.2, -0.15) is 0 Å². The molecule has 0 spiro atoms. The number of hydrogen-bond donors (Lipinski definition) is 3. The Bertz CT molecular complexity index is 519. The lowest BCUT2D eigenvalue weighted by atomic mass is 10.0. The standard InChI is InChI=1S/C13H17N3OS/c14-7-13(17,9-5-6-9)8-18-12-15-10-3-1-2-4-11(10)16-12/h1-4,9,17H,5-8,14H2,(H,15,16). The lowest BCUT2D eigenvalue weighted by molar-refractivity contribution is 0.0509. The summed E-state index contributed by atoms with van der Waals surface area (Å²) in [4.78, 5) is 7.74. The van der Waals surface area contributed by atoms with Gasteiger partial charge in [-0.15, -0.1) is 0 Å². The highest BCUT2D eigenvalue weighted by atomic mass is 32.2. The molecule has 1 aliphatic carbocycles. The monoisotopic (exact) mass is 263 g/mol. The van der Waals surface area contributed by atoms with Crippen LogP contribution in [0.15, 0.2) is 29.4 Å². The molecule has 3 rings (SSSR count). The summed E-state index contributed by atoms with van der Waals surface area (Å²) in [5.41, 5.74) is 6.95. The molecule has 2 aromatic rings. The van der Waals surface area contributed by atoms with Gasteiger partial charge in [-0.05, 0) is 30.9 Å². The first-order chi connectivity index (χ1) is 8.71. The number of H-pyrrole nitrogens is 1. The summed E-state index contributed by atoms with van der Waals surface area (Å²) in [7, 11) is 0. The molecule has 5 heteroatoms. The van der Waals surface area contributed by atoms with Gasteiger partial charge in [0.2, 0.25) is 0 Å². The minimum atomic E-state index is -0.732. The lowest BCUT2D eigenvalue weighted by Crippen LogP contribution is -2.42. The van der Waals surface area contributed by atoms with Crippen LogP contribution in [0.1, 0.15) is 12.8 Å². The average Bonchev–Trinajstić information content (AvgIpc) is 3.16. The maximum atomic E-state index is 10.4. The number of aliphatic hydroxyl groups is 1. The van der Waals surface area contributed by atoms with E-state index in [1.54, 1.807) is 11.8 Å². The maximum Gasteiger partial charge on any atom is 0.166 e. The van der Waals surface area contributed by atoms with Gasteiger partial charge >= 0.3 is 0 Å². The Morgan fingerprint density at radius 3 is 2.89 bits per heavy atom. The van der Waals surface area contributed by atoms with E-state index in [1.165, 1.54) is 0 Å². The quantitative estimate of drug-likeness (QED) is 0.718. The average molecular weight is 263 g/mol. The molecular formula is C13H17N3OS. The minimum absolute atomic E-state index is 0.324. The molecule has 1 aliphatic rings. The van der Waals surface area contributed by atoms with Gasteiger partial charge in [0, 0.05) is 12.3 Å². The summed E-state index contributed by atoms with van der Waals surface area (Å²) in [6.45, 7) is 0.324. The van der Waals surface area contributed by atoms with E-state index in [2.05, 4.69) is 9.97 Å². The van der Waals surface area contributed by atoms with Crippen LogP contribution < -0.4 is 5.73 Å². The first-order valence-corrected chi connectivity index (χ1v) is 7.20. The van der Waals surface area contributed by atoms with Gasteiger partial charge in [0.25, 0.3) is 0 Å². The largest absolute Gasteiger partial charge is 0.387 e. The zero-order valence-corrected chi connectivity index (χ0v) is 10.9. The topological polar surface area (TPSA) is 74.9 Å². The summed E-state index contributed by atoms with van der Waals surface area (Å²) < 4.78 is 0. The molecule has 96 valence electrons. The zero-order chi connectivity index (χ0) is 12.6. The molecule has 1 heterocycles. The van der Waals surface area contributed by atoms with Crippen LogP contribution in [0.5, 0.6) is 0 Å². The van der Waals surface area contributed by atoms with Crippen molar-refractivity contribution in [2.75, 3.05) is 12.3 Å². The number of rotatable bonds is 5. The van der Waals surface area contributed by atoms with Gasteiger partial charge in [0.1, 0.15) is 0 Å². The lowest BCUT2D eigenvalue weighted by Gasteiger charge is -2.25. The molecule has 4 nitrogen and oxygen atoms in total. The number of benzene rings is 1. The van der Waals surface area contributed by atoms with Crippen LogP contribution >= 0.6 is 11.8 Å². The molecule has 1 aromatic carbocycles. The highest BCUT2D eigenvalue weighted by Gasteiger charge is 2.42. The van der Waals surface area contributed by atoms with Gasteiger partial charge in [-0.3, -0.25) is 0 Å². The molecule has 0 radical (unpaired) electrons. The van der Waals surface area contributed by atoms with Crippen LogP contribution in [0.25, 0.3) is 11.0 Å². The molecule has 1 unspecified atom stereocenters. The van der Waals surface area contributed by atoms with E-state index in [1.807, 2.05) is 24.3 Å². The Hall–Kier alpha value is -1.04. The smallest absolute Gasteiger partial charge is 0.166 e. The van der Waals surface area contributed by atoms with Gasteiger partial charge in [0.15, 0.2) is 5.16 Å². The third kappa shape index (κ3) is 2.25. The fourth-order valence-electron chi connectivity index (χ4n) is 2.16. The van der Waals surface area contributed by atoms with E-state index in [9.17, 15) is 5.11 Å². The van der Waals surface area contributed by atoms with Crippen LogP contribution in [0, 0.1) is 5.92 Å². The number of fused-ring (bicyclic) bond motifs is 1. The van der Waals surface area contributed by atoms with E-state index in [0.29, 0.717) is 18.2 Å². The predicted molar refractivity (Wildman–Crippen MR) is 73.5 cm³/mol. The van der Waals surface area contributed by atoms with Crippen molar-refractivity contribution in [1.82, 2.24) is 9.97 Å². The van der Waals surface area contributed by atoms with Crippen molar-refractivity contribution in [1.29, 1.82) is 0 Å². The van der Waals surface area contributed by atoms with Crippen LogP contribution in [0.2, 0.25) is 0 Å². The number of imidazole rings is 1. The summed E-state index contributed by atoms with van der Waals surface area (Å²) in [6.07, 6.45) is 2.18. The number of hydrogen-bond acceptors (Lipinski definition) is 4. The van der Waals surface area contributed by atoms with E-state index in [0.717, 1.165) is 29.0 Å². The Morgan fingerprint density at radius 2 is 2.22 bits per heavy atom. The number of para-hydroxylation sites is 2. The Morgan fingerprint density at radius 1 is 1.44 bits per heavy atom. The second kappa shape index (κ2) is 4.57. The molecule has 0 saturated heterocycles. The highest BCUT2D eigenvalue weighted by molar-refractivity contribution is 7.99. The van der Waals surface area contributed by atoms with Gasteiger partial charge < -0.3 is 15.8 Å². The fraction of sp³-hybridized carbons (Fsp3) is 0.462. The van der Waals surface area contributed by atoms with Gasteiger partial charge in [-0.25, -0.2) is 4.98 Å². The number of thioether (sulfide) groups is 1. The zero-order valence-electron chi connectivity index (χ0n) is 10.1. The van der Waals surface area contributed by atoms with Crippen molar-refractivity contribution in [2.24, 2.45) is 11.7 Å². The van der Waals surface area contributed by atoms with Gasteiger partial charge in [0.05, 0.1) is 16.6 Å². The van der Waals surface area contributed by atoms with Crippen molar-refractivity contribution in [2.45, 2.75) is 23.6 Å². The molecule has 0 bridgehead atoms. The van der Waals surface area contributed by atoms with Crippen LogP contribution in [0.4, 0.5) is 0 Å². The van der Waals surface area contributed by atoms with Crippen LogP contribution in [-0.4, -0.2) is 33.0 Å². The first-order valence-electron chi connectivity index (χ1n) is 6.21. The van der Waals surface area contributed by atoms with E-state index in [4.69, 9.17) is 5.73 Å². The number of nitrogens with two attached hydrogens (primary N) is 1. The van der Waals surface area contributed by atoms with Crippen molar-refractivity contribution >= 4 is 22.8 Å².